The molecule has 0 aromatic heterocycles. The molecule has 168 valence electrons. The smallest absolute Gasteiger partial charge is 0.363 e. The number of esters is 1. The molecule has 33 heavy (non-hydrogen) atoms. The standard InChI is InChI=1S/C25H18Br3NO4/c1-2-31-22-13-16(11-20(28)23(22)32-14-15-3-7-18(26)8-4-15)12-21-25(30)33-24(29-21)17-5-9-19(27)10-6-17/h3-13H,2,14H2,1H3/b21-12-. The molecular weight excluding hydrogens is 618 g/mol. The molecule has 1 aliphatic heterocycles. The van der Waals surface area contributed by atoms with Crippen LogP contribution in [-0.4, -0.2) is 18.5 Å². The lowest BCUT2D eigenvalue weighted by Crippen LogP contribution is -2.05. The third kappa shape index (κ3) is 5.93. The van der Waals surface area contributed by atoms with Crippen molar-refractivity contribution >= 4 is 65.7 Å². The molecule has 0 saturated carbocycles. The average molecular weight is 636 g/mol. The topological polar surface area (TPSA) is 57.1 Å². The van der Waals surface area contributed by atoms with E-state index in [4.69, 9.17) is 14.2 Å². The van der Waals surface area contributed by atoms with Crippen LogP contribution in [0.1, 0.15) is 23.6 Å². The molecular formula is C25H18Br3NO4. The van der Waals surface area contributed by atoms with Crippen LogP contribution >= 0.6 is 47.8 Å². The normalized spacial score (nSPS) is 14.2. The van der Waals surface area contributed by atoms with E-state index in [0.717, 1.165) is 25.6 Å². The molecule has 0 saturated heterocycles. The lowest BCUT2D eigenvalue weighted by Gasteiger charge is -2.15. The van der Waals surface area contributed by atoms with Crippen LogP contribution in [0, 0.1) is 0 Å². The molecule has 8 heteroatoms. The Bertz CT molecular complexity index is 1240. The Hall–Kier alpha value is -2.42. The van der Waals surface area contributed by atoms with Crippen LogP contribution in [0.5, 0.6) is 11.5 Å². The fraction of sp³-hybridized carbons (Fsp3) is 0.120. The van der Waals surface area contributed by atoms with Gasteiger partial charge in [0.1, 0.15) is 6.61 Å². The van der Waals surface area contributed by atoms with Crippen LogP contribution in [0.4, 0.5) is 0 Å². The van der Waals surface area contributed by atoms with Crippen molar-refractivity contribution in [1.29, 1.82) is 0 Å². The monoisotopic (exact) mass is 633 g/mol. The quantitative estimate of drug-likeness (QED) is 0.202. The summed E-state index contributed by atoms with van der Waals surface area (Å²) < 4.78 is 19.9. The van der Waals surface area contributed by atoms with Gasteiger partial charge in [-0.2, -0.15) is 0 Å². The molecule has 0 bridgehead atoms. The summed E-state index contributed by atoms with van der Waals surface area (Å²) in [6, 6.07) is 19.0. The number of aliphatic imine (C=N–C) groups is 1. The lowest BCUT2D eigenvalue weighted by molar-refractivity contribution is -0.129. The molecule has 4 rings (SSSR count). The third-order valence-corrected chi connectivity index (χ3v) is 6.29. The van der Waals surface area contributed by atoms with Gasteiger partial charge in [-0.3, -0.25) is 0 Å². The Kier molecular flexibility index (Phi) is 7.67. The van der Waals surface area contributed by atoms with Crippen molar-refractivity contribution in [3.8, 4) is 11.5 Å². The van der Waals surface area contributed by atoms with Gasteiger partial charge in [0.25, 0.3) is 0 Å². The van der Waals surface area contributed by atoms with E-state index in [1.54, 1.807) is 6.08 Å². The lowest BCUT2D eigenvalue weighted by atomic mass is 10.1. The van der Waals surface area contributed by atoms with Gasteiger partial charge in [-0.25, -0.2) is 9.79 Å². The number of ether oxygens (including phenoxy) is 3. The summed E-state index contributed by atoms with van der Waals surface area (Å²) in [6.07, 6.45) is 1.67. The summed E-state index contributed by atoms with van der Waals surface area (Å²) in [6.45, 7) is 2.76. The minimum Gasteiger partial charge on any atom is -0.490 e. The van der Waals surface area contributed by atoms with Gasteiger partial charge in [0, 0.05) is 14.5 Å². The highest BCUT2D eigenvalue weighted by Gasteiger charge is 2.24. The van der Waals surface area contributed by atoms with Gasteiger partial charge >= 0.3 is 5.97 Å². The largest absolute Gasteiger partial charge is 0.490 e. The summed E-state index contributed by atoms with van der Waals surface area (Å²) in [4.78, 5) is 16.8. The summed E-state index contributed by atoms with van der Waals surface area (Å²) >= 11 is 10.4. The number of carbonyl (C=O) groups is 1. The number of halogens is 3. The van der Waals surface area contributed by atoms with E-state index in [2.05, 4.69) is 52.8 Å². The zero-order valence-electron chi connectivity index (χ0n) is 17.5. The highest BCUT2D eigenvalue weighted by Crippen LogP contribution is 2.38. The molecule has 0 atom stereocenters. The molecule has 5 nitrogen and oxygen atoms in total. The summed E-state index contributed by atoms with van der Waals surface area (Å²) in [7, 11) is 0. The highest BCUT2D eigenvalue weighted by molar-refractivity contribution is 9.11. The fourth-order valence-electron chi connectivity index (χ4n) is 3.09. The van der Waals surface area contributed by atoms with E-state index in [0.29, 0.717) is 29.2 Å². The van der Waals surface area contributed by atoms with E-state index in [1.165, 1.54) is 0 Å². The zero-order valence-corrected chi connectivity index (χ0v) is 22.2. The second-order valence-corrected chi connectivity index (χ2v) is 9.71. The van der Waals surface area contributed by atoms with Crippen molar-refractivity contribution in [2.75, 3.05) is 6.61 Å². The summed E-state index contributed by atoms with van der Waals surface area (Å²) in [5.74, 6) is 0.934. The number of hydrogen-bond donors (Lipinski definition) is 0. The summed E-state index contributed by atoms with van der Waals surface area (Å²) in [5, 5.41) is 0. The van der Waals surface area contributed by atoms with Gasteiger partial charge in [0.05, 0.1) is 11.1 Å². The van der Waals surface area contributed by atoms with Crippen LogP contribution in [0.25, 0.3) is 6.08 Å². The number of carbonyl (C=O) groups excluding carboxylic acids is 1. The number of benzene rings is 3. The van der Waals surface area contributed by atoms with Crippen molar-refractivity contribution in [2.24, 2.45) is 4.99 Å². The number of nitrogens with zero attached hydrogens (tertiary/aromatic N) is 1. The van der Waals surface area contributed by atoms with E-state index in [-0.39, 0.29) is 11.6 Å². The van der Waals surface area contributed by atoms with Crippen molar-refractivity contribution in [3.05, 3.63) is 96.5 Å². The van der Waals surface area contributed by atoms with Gasteiger partial charge < -0.3 is 14.2 Å². The van der Waals surface area contributed by atoms with Crippen LogP contribution < -0.4 is 9.47 Å². The minimum atomic E-state index is -0.502. The van der Waals surface area contributed by atoms with Gasteiger partial charge in [0.2, 0.25) is 5.90 Å². The van der Waals surface area contributed by atoms with Crippen LogP contribution in [-0.2, 0) is 16.1 Å². The molecule has 3 aromatic carbocycles. The van der Waals surface area contributed by atoms with Crippen LogP contribution in [0.15, 0.2) is 84.8 Å². The van der Waals surface area contributed by atoms with Gasteiger partial charge in [0.15, 0.2) is 17.2 Å². The second-order valence-electron chi connectivity index (χ2n) is 7.02. The van der Waals surface area contributed by atoms with Gasteiger partial charge in [-0.1, -0.05) is 44.0 Å². The highest BCUT2D eigenvalue weighted by atomic mass is 79.9. The molecule has 1 aliphatic rings. The summed E-state index contributed by atoms with van der Waals surface area (Å²) in [5.41, 5.74) is 2.70. The molecule has 0 unspecified atom stereocenters. The Morgan fingerprint density at radius 2 is 1.61 bits per heavy atom. The number of hydrogen-bond acceptors (Lipinski definition) is 5. The maximum atomic E-state index is 12.4. The molecule has 0 aliphatic carbocycles. The zero-order chi connectivity index (χ0) is 23.4. The Labute approximate surface area is 216 Å². The maximum absolute atomic E-state index is 12.4. The van der Waals surface area contributed by atoms with E-state index < -0.39 is 5.97 Å². The SMILES string of the molecule is CCOc1cc(/C=C2\N=C(c3ccc(Br)cc3)OC2=O)cc(Br)c1OCc1ccc(Br)cc1. The molecule has 3 aromatic rings. The van der Waals surface area contributed by atoms with E-state index in [1.807, 2.05) is 67.6 Å². The maximum Gasteiger partial charge on any atom is 0.363 e. The van der Waals surface area contributed by atoms with Gasteiger partial charge in [-0.05, 0) is 88.6 Å². The van der Waals surface area contributed by atoms with Crippen LogP contribution in [0.3, 0.4) is 0 Å². The minimum absolute atomic E-state index is 0.214. The van der Waals surface area contributed by atoms with Crippen LogP contribution in [0.2, 0.25) is 0 Å². The first-order chi connectivity index (χ1) is 15.9. The molecule has 0 radical (unpaired) electrons. The molecule has 0 fully saturated rings. The third-order valence-electron chi connectivity index (χ3n) is 4.64. The Balaban J connectivity index is 1.60. The Morgan fingerprint density at radius 3 is 2.27 bits per heavy atom. The van der Waals surface area contributed by atoms with Crippen molar-refractivity contribution < 1.29 is 19.0 Å². The van der Waals surface area contributed by atoms with Crippen molar-refractivity contribution in [2.45, 2.75) is 13.5 Å². The fourth-order valence-corrected chi connectivity index (χ4v) is 4.20. The van der Waals surface area contributed by atoms with E-state index in [9.17, 15) is 4.79 Å². The first-order valence-corrected chi connectivity index (χ1v) is 12.4. The average Bonchev–Trinajstić information content (AvgIpc) is 3.15. The predicted octanol–water partition coefficient (Wildman–Crippen LogP) is 7.30. The predicted molar refractivity (Wildman–Crippen MR) is 139 cm³/mol. The molecule has 1 heterocycles. The number of cyclic esters (lactones) is 1. The molecule has 0 spiro atoms. The van der Waals surface area contributed by atoms with Gasteiger partial charge in [-0.15, -0.1) is 0 Å². The second kappa shape index (κ2) is 10.7. The van der Waals surface area contributed by atoms with Crippen molar-refractivity contribution in [3.63, 3.8) is 0 Å². The Morgan fingerprint density at radius 1 is 0.939 bits per heavy atom. The van der Waals surface area contributed by atoms with Crippen molar-refractivity contribution in [1.82, 2.24) is 0 Å². The number of rotatable bonds is 7. The molecule has 0 amide bonds. The first kappa shape index (κ1) is 23.7. The van der Waals surface area contributed by atoms with E-state index >= 15 is 0 Å². The molecule has 0 N–H and O–H groups in total. The first-order valence-electron chi connectivity index (χ1n) is 10.0.